The minimum Gasteiger partial charge on any atom is -0.478 e. The number of aryl methyl sites for hydroxylation is 1. The maximum absolute atomic E-state index is 12.4. The van der Waals surface area contributed by atoms with Gasteiger partial charge in [-0.1, -0.05) is 36.4 Å². The fourth-order valence-corrected chi connectivity index (χ4v) is 2.71. The molecule has 1 unspecified atom stereocenters. The number of rotatable bonds is 3. The van der Waals surface area contributed by atoms with Gasteiger partial charge in [-0.3, -0.25) is 4.79 Å². The third kappa shape index (κ3) is 2.29. The first-order valence-electron chi connectivity index (χ1n) is 6.79. The van der Waals surface area contributed by atoms with Crippen LogP contribution in [0.5, 0.6) is 0 Å². The number of para-hydroxylation sites is 1. The summed E-state index contributed by atoms with van der Waals surface area (Å²) < 4.78 is 0. The molecule has 1 atom stereocenters. The molecule has 1 aliphatic rings. The molecule has 1 amide bonds. The quantitative estimate of drug-likeness (QED) is 0.909. The monoisotopic (exact) mass is 281 g/mol. The molecule has 0 saturated carbocycles. The van der Waals surface area contributed by atoms with E-state index in [1.807, 2.05) is 24.3 Å². The number of carboxylic acid groups (broad SMARTS) is 1. The lowest BCUT2D eigenvalue weighted by atomic mass is 9.77. The molecule has 2 aromatic carbocycles. The number of amides is 1. The van der Waals surface area contributed by atoms with E-state index in [1.54, 1.807) is 19.1 Å². The lowest BCUT2D eigenvalue weighted by molar-refractivity contribution is -0.118. The highest BCUT2D eigenvalue weighted by molar-refractivity contribution is 6.04. The van der Waals surface area contributed by atoms with Crippen molar-refractivity contribution < 1.29 is 14.7 Å². The zero-order chi connectivity index (χ0) is 15.0. The van der Waals surface area contributed by atoms with Gasteiger partial charge in [0.2, 0.25) is 5.91 Å². The number of fused-ring (bicyclic) bond motifs is 1. The second-order valence-electron chi connectivity index (χ2n) is 5.25. The Bertz CT molecular complexity index is 737. The van der Waals surface area contributed by atoms with Crippen LogP contribution in [0.1, 0.15) is 33.0 Å². The van der Waals surface area contributed by atoms with Gasteiger partial charge in [0.05, 0.1) is 17.2 Å². The van der Waals surface area contributed by atoms with Gasteiger partial charge >= 0.3 is 5.97 Å². The molecule has 0 aliphatic heterocycles. The molecule has 21 heavy (non-hydrogen) atoms. The summed E-state index contributed by atoms with van der Waals surface area (Å²) in [5, 5.41) is 12.0. The molecule has 0 aromatic heterocycles. The summed E-state index contributed by atoms with van der Waals surface area (Å²) in [4.78, 5) is 23.6. The topological polar surface area (TPSA) is 66.4 Å². The SMILES string of the molecule is Cc1cccc(C(=O)O)c1NC(=O)C1Cc2ccccc21. The lowest BCUT2D eigenvalue weighted by Crippen LogP contribution is -2.30. The average Bonchev–Trinajstić information content (AvgIpc) is 2.42. The minimum absolute atomic E-state index is 0.121. The minimum atomic E-state index is -1.04. The average molecular weight is 281 g/mol. The molecule has 2 N–H and O–H groups in total. The highest BCUT2D eigenvalue weighted by Gasteiger charge is 2.32. The van der Waals surface area contributed by atoms with Crippen LogP contribution in [-0.2, 0) is 11.2 Å². The normalized spacial score (nSPS) is 15.8. The number of anilines is 1. The van der Waals surface area contributed by atoms with Crippen molar-refractivity contribution in [1.29, 1.82) is 0 Å². The Morgan fingerprint density at radius 3 is 2.62 bits per heavy atom. The Morgan fingerprint density at radius 2 is 1.90 bits per heavy atom. The molecule has 3 rings (SSSR count). The van der Waals surface area contributed by atoms with E-state index in [4.69, 9.17) is 0 Å². The number of aromatic carboxylic acids is 1. The molecule has 0 saturated heterocycles. The van der Waals surface area contributed by atoms with Gasteiger partial charge in [0, 0.05) is 0 Å². The molecule has 0 fully saturated rings. The largest absolute Gasteiger partial charge is 0.478 e. The van der Waals surface area contributed by atoms with Crippen molar-refractivity contribution in [3.8, 4) is 0 Å². The molecule has 0 radical (unpaired) electrons. The molecule has 0 spiro atoms. The highest BCUT2D eigenvalue weighted by atomic mass is 16.4. The van der Waals surface area contributed by atoms with Crippen molar-refractivity contribution in [3.63, 3.8) is 0 Å². The fourth-order valence-electron chi connectivity index (χ4n) is 2.71. The number of hydrogen-bond donors (Lipinski definition) is 2. The number of nitrogens with one attached hydrogen (secondary N) is 1. The summed E-state index contributed by atoms with van der Waals surface area (Å²) in [5.74, 6) is -1.38. The maximum atomic E-state index is 12.4. The molecule has 0 heterocycles. The molecule has 1 aliphatic carbocycles. The van der Waals surface area contributed by atoms with E-state index in [9.17, 15) is 14.7 Å². The van der Waals surface area contributed by atoms with E-state index in [1.165, 1.54) is 11.6 Å². The molecule has 0 bridgehead atoms. The summed E-state index contributed by atoms with van der Waals surface area (Å²) in [6.45, 7) is 1.79. The second kappa shape index (κ2) is 5.05. The lowest BCUT2D eigenvalue weighted by Gasteiger charge is -2.29. The first-order chi connectivity index (χ1) is 10.1. The summed E-state index contributed by atoms with van der Waals surface area (Å²) >= 11 is 0. The van der Waals surface area contributed by atoms with E-state index >= 15 is 0 Å². The maximum Gasteiger partial charge on any atom is 0.337 e. The van der Waals surface area contributed by atoms with Crippen molar-refractivity contribution >= 4 is 17.6 Å². The number of hydrogen-bond acceptors (Lipinski definition) is 2. The fraction of sp³-hybridized carbons (Fsp3) is 0.176. The van der Waals surface area contributed by atoms with Crippen LogP contribution in [0.25, 0.3) is 0 Å². The first kappa shape index (κ1) is 13.4. The number of carbonyl (C=O) groups is 2. The van der Waals surface area contributed by atoms with Gasteiger partial charge in [0.15, 0.2) is 0 Å². The van der Waals surface area contributed by atoms with E-state index in [0.717, 1.165) is 11.1 Å². The van der Waals surface area contributed by atoms with Gasteiger partial charge in [-0.05, 0) is 36.1 Å². The van der Waals surface area contributed by atoms with Crippen LogP contribution in [0.2, 0.25) is 0 Å². The summed E-state index contributed by atoms with van der Waals surface area (Å²) in [5.41, 5.74) is 3.47. The third-order valence-electron chi connectivity index (χ3n) is 3.92. The molecule has 106 valence electrons. The Hall–Kier alpha value is -2.62. The van der Waals surface area contributed by atoms with Crippen molar-refractivity contribution in [1.82, 2.24) is 0 Å². The van der Waals surface area contributed by atoms with Crippen LogP contribution in [0, 0.1) is 6.92 Å². The van der Waals surface area contributed by atoms with Crippen LogP contribution < -0.4 is 5.32 Å². The summed E-state index contributed by atoms with van der Waals surface area (Å²) in [7, 11) is 0. The van der Waals surface area contributed by atoms with Crippen molar-refractivity contribution in [2.75, 3.05) is 5.32 Å². The second-order valence-corrected chi connectivity index (χ2v) is 5.25. The highest BCUT2D eigenvalue weighted by Crippen LogP contribution is 2.36. The van der Waals surface area contributed by atoms with Crippen LogP contribution in [-0.4, -0.2) is 17.0 Å². The predicted molar refractivity (Wildman–Crippen MR) is 79.7 cm³/mol. The zero-order valence-electron chi connectivity index (χ0n) is 11.6. The molecular weight excluding hydrogens is 266 g/mol. The molecule has 4 nitrogen and oxygen atoms in total. The van der Waals surface area contributed by atoms with Crippen molar-refractivity contribution in [3.05, 3.63) is 64.7 Å². The van der Waals surface area contributed by atoms with Crippen molar-refractivity contribution in [2.45, 2.75) is 19.3 Å². The summed E-state index contributed by atoms with van der Waals surface area (Å²) in [6.07, 6.45) is 0.705. The zero-order valence-corrected chi connectivity index (χ0v) is 11.6. The van der Waals surface area contributed by atoms with Gasteiger partial charge < -0.3 is 10.4 Å². The van der Waals surface area contributed by atoms with Crippen molar-refractivity contribution in [2.24, 2.45) is 0 Å². The van der Waals surface area contributed by atoms with Gasteiger partial charge in [-0.25, -0.2) is 4.79 Å². The Kier molecular flexibility index (Phi) is 3.22. The van der Waals surface area contributed by atoms with E-state index < -0.39 is 5.97 Å². The number of carbonyl (C=O) groups excluding carboxylic acids is 1. The Labute approximate surface area is 122 Å². The Morgan fingerprint density at radius 1 is 1.14 bits per heavy atom. The number of benzene rings is 2. The van der Waals surface area contributed by atoms with Gasteiger partial charge in [0.1, 0.15) is 0 Å². The number of carboxylic acids is 1. The van der Waals surface area contributed by atoms with Gasteiger partial charge in [-0.2, -0.15) is 0 Å². The van der Waals surface area contributed by atoms with Crippen LogP contribution in [0.3, 0.4) is 0 Å². The first-order valence-corrected chi connectivity index (χ1v) is 6.79. The molecular formula is C17H15NO3. The van der Waals surface area contributed by atoms with E-state index in [2.05, 4.69) is 5.32 Å². The smallest absolute Gasteiger partial charge is 0.337 e. The van der Waals surface area contributed by atoms with Crippen LogP contribution in [0.4, 0.5) is 5.69 Å². The van der Waals surface area contributed by atoms with Gasteiger partial charge in [-0.15, -0.1) is 0 Å². The van der Waals surface area contributed by atoms with Crippen LogP contribution >= 0.6 is 0 Å². The Balaban J connectivity index is 1.86. The van der Waals surface area contributed by atoms with E-state index in [-0.39, 0.29) is 17.4 Å². The van der Waals surface area contributed by atoms with Crippen LogP contribution in [0.15, 0.2) is 42.5 Å². The predicted octanol–water partition coefficient (Wildman–Crippen LogP) is 2.97. The van der Waals surface area contributed by atoms with E-state index in [0.29, 0.717) is 12.1 Å². The molecule has 4 heteroatoms. The van der Waals surface area contributed by atoms with Gasteiger partial charge in [0.25, 0.3) is 0 Å². The molecule has 2 aromatic rings. The standard InChI is InChI=1S/C17H15NO3/c1-10-5-4-8-13(17(20)21)15(10)18-16(19)14-9-11-6-2-3-7-12(11)14/h2-8,14H,9H2,1H3,(H,18,19)(H,20,21). The third-order valence-corrected chi connectivity index (χ3v) is 3.92. The summed E-state index contributed by atoms with van der Waals surface area (Å²) in [6, 6.07) is 12.8.